The molecule has 0 aromatic carbocycles. The van der Waals surface area contributed by atoms with E-state index in [1.807, 2.05) is 44.5 Å². The van der Waals surface area contributed by atoms with Gasteiger partial charge in [-0.15, -0.1) is 11.3 Å². The van der Waals surface area contributed by atoms with Crippen LogP contribution in [0.5, 0.6) is 0 Å². The summed E-state index contributed by atoms with van der Waals surface area (Å²) in [6, 6.07) is 6.07. The Kier molecular flexibility index (Phi) is 4.85. The van der Waals surface area contributed by atoms with Crippen LogP contribution >= 0.6 is 11.3 Å². The molecule has 0 aliphatic carbocycles. The Hall–Kier alpha value is -2.67. The van der Waals surface area contributed by atoms with Crippen molar-refractivity contribution in [2.45, 2.75) is 32.9 Å². The van der Waals surface area contributed by atoms with Crippen LogP contribution in [-0.2, 0) is 11.3 Å². The molecule has 3 rings (SSSR count). The quantitative estimate of drug-likeness (QED) is 0.559. The molecule has 6 nitrogen and oxygen atoms in total. The lowest BCUT2D eigenvalue weighted by Crippen LogP contribution is -2.31. The molecule has 0 aliphatic rings. The van der Waals surface area contributed by atoms with Crippen LogP contribution in [0, 0.1) is 0 Å². The Bertz CT molecular complexity index is 905. The predicted octanol–water partition coefficient (Wildman–Crippen LogP) is 4.33. The van der Waals surface area contributed by atoms with Crippen molar-refractivity contribution in [1.29, 1.82) is 0 Å². The van der Waals surface area contributed by atoms with Gasteiger partial charge in [-0.1, -0.05) is 0 Å². The van der Waals surface area contributed by atoms with Crippen LogP contribution in [0.15, 0.2) is 47.2 Å². The number of ether oxygens (including phenoxy) is 1. The summed E-state index contributed by atoms with van der Waals surface area (Å²) in [6.07, 6.45) is 6.55. The second kappa shape index (κ2) is 7.06. The first kappa shape index (κ1) is 17.2. The predicted molar refractivity (Wildman–Crippen MR) is 101 cm³/mol. The summed E-state index contributed by atoms with van der Waals surface area (Å²) in [5.41, 5.74) is 1.43. The number of hydrogen-bond donors (Lipinski definition) is 1. The summed E-state index contributed by atoms with van der Waals surface area (Å²) in [6.45, 7) is 6.22. The van der Waals surface area contributed by atoms with E-state index in [0.717, 1.165) is 23.1 Å². The minimum atomic E-state index is -0.525. The third-order valence-electron chi connectivity index (χ3n) is 3.33. The van der Waals surface area contributed by atoms with E-state index in [-0.39, 0.29) is 0 Å². The topological polar surface area (TPSA) is 68.5 Å². The number of alkyl carbamates (subject to hydrolysis) is 1. The molecule has 0 spiro atoms. The fourth-order valence-electron chi connectivity index (χ4n) is 2.33. The van der Waals surface area contributed by atoms with Crippen molar-refractivity contribution in [1.82, 2.24) is 14.9 Å². The van der Waals surface area contributed by atoms with Gasteiger partial charge in [0.05, 0.1) is 24.1 Å². The maximum atomic E-state index is 11.6. The minimum Gasteiger partial charge on any atom is -0.444 e. The number of nitrogens with one attached hydrogen (secondary N) is 1. The van der Waals surface area contributed by atoms with Crippen molar-refractivity contribution in [2.75, 3.05) is 0 Å². The van der Waals surface area contributed by atoms with E-state index in [2.05, 4.69) is 32.1 Å². The smallest absolute Gasteiger partial charge is 0.412 e. The average molecular weight is 356 g/mol. The van der Waals surface area contributed by atoms with Gasteiger partial charge in [-0.2, -0.15) is 0 Å². The van der Waals surface area contributed by atoms with Crippen molar-refractivity contribution in [3.05, 3.63) is 47.0 Å². The van der Waals surface area contributed by atoms with Gasteiger partial charge in [0.1, 0.15) is 5.60 Å². The van der Waals surface area contributed by atoms with Crippen molar-refractivity contribution >= 4 is 40.4 Å². The second-order valence-corrected chi connectivity index (χ2v) is 7.55. The molecule has 130 valence electrons. The van der Waals surface area contributed by atoms with Gasteiger partial charge in [0.2, 0.25) is 0 Å². The Morgan fingerprint density at radius 3 is 3.08 bits per heavy atom. The van der Waals surface area contributed by atoms with Crippen LogP contribution in [0.4, 0.5) is 10.5 Å². The number of carbonyl (C=O) groups excluding carboxylic acids is 1. The first-order valence-electron chi connectivity index (χ1n) is 7.89. The van der Waals surface area contributed by atoms with Gasteiger partial charge in [-0.3, -0.25) is 10.3 Å². The van der Waals surface area contributed by atoms with Gasteiger partial charge in [-0.05, 0) is 39.0 Å². The van der Waals surface area contributed by atoms with Crippen LogP contribution in [0.25, 0.3) is 10.9 Å². The van der Waals surface area contributed by atoms with Gasteiger partial charge >= 0.3 is 6.09 Å². The van der Waals surface area contributed by atoms with Crippen molar-refractivity contribution < 1.29 is 9.53 Å². The zero-order valence-corrected chi connectivity index (χ0v) is 15.2. The van der Waals surface area contributed by atoms with E-state index < -0.39 is 11.7 Å². The van der Waals surface area contributed by atoms with Crippen LogP contribution < -0.4 is 5.32 Å². The summed E-state index contributed by atoms with van der Waals surface area (Å²) in [5, 5.41) is 5.58. The third-order valence-corrected chi connectivity index (χ3v) is 4.24. The van der Waals surface area contributed by atoms with Gasteiger partial charge in [0, 0.05) is 34.2 Å². The van der Waals surface area contributed by atoms with Gasteiger partial charge in [0.25, 0.3) is 0 Å². The molecule has 1 N–H and O–H groups in total. The first-order valence-corrected chi connectivity index (χ1v) is 8.77. The standard InChI is InChI=1S/C18H20N4O2S/c1-18(2,3)24-17(23)21-12-20-14-8-15(25-11-14)10-22-7-5-13-9-19-6-4-16(13)22/h4-9,11-12H,10H2,1-3H3,(H,20,21,23). The highest BCUT2D eigenvalue weighted by Gasteiger charge is 2.15. The number of aliphatic imine (C=N–C) groups is 1. The largest absolute Gasteiger partial charge is 0.444 e. The zero-order valence-electron chi connectivity index (χ0n) is 14.4. The Labute approximate surface area is 150 Å². The van der Waals surface area contributed by atoms with Crippen molar-refractivity contribution in [3.8, 4) is 0 Å². The van der Waals surface area contributed by atoms with Crippen molar-refractivity contribution in [2.24, 2.45) is 4.99 Å². The second-order valence-electron chi connectivity index (χ2n) is 6.55. The number of aromatic nitrogens is 2. The van der Waals surface area contributed by atoms with E-state index in [1.54, 1.807) is 17.5 Å². The number of fused-ring (bicyclic) bond motifs is 1. The van der Waals surface area contributed by atoms with E-state index in [4.69, 9.17) is 4.74 Å². The molecule has 0 aliphatic heterocycles. The van der Waals surface area contributed by atoms with Crippen molar-refractivity contribution in [3.63, 3.8) is 0 Å². The maximum Gasteiger partial charge on any atom is 0.412 e. The lowest BCUT2D eigenvalue weighted by atomic mass is 10.2. The molecular formula is C18H20N4O2S. The maximum absolute atomic E-state index is 11.6. The molecule has 3 heterocycles. The summed E-state index contributed by atoms with van der Waals surface area (Å²) < 4.78 is 7.32. The highest BCUT2D eigenvalue weighted by Crippen LogP contribution is 2.24. The molecule has 0 saturated heterocycles. The summed E-state index contributed by atoms with van der Waals surface area (Å²) in [4.78, 5) is 21.1. The van der Waals surface area contributed by atoms with Crippen LogP contribution in [0.2, 0.25) is 0 Å². The average Bonchev–Trinajstić information content (AvgIpc) is 3.14. The van der Waals surface area contributed by atoms with E-state index in [0.29, 0.717) is 0 Å². The molecule has 0 radical (unpaired) electrons. The molecule has 3 aromatic heterocycles. The molecule has 0 saturated carbocycles. The highest BCUT2D eigenvalue weighted by molar-refractivity contribution is 7.10. The number of hydrogen-bond acceptors (Lipinski definition) is 5. The molecule has 0 unspecified atom stereocenters. The number of carbonyl (C=O) groups is 1. The number of rotatable bonds is 4. The van der Waals surface area contributed by atoms with Gasteiger partial charge < -0.3 is 9.30 Å². The van der Waals surface area contributed by atoms with Crippen LogP contribution in [0.1, 0.15) is 25.6 Å². The normalized spacial score (nSPS) is 12.0. The fraction of sp³-hybridized carbons (Fsp3) is 0.278. The summed E-state index contributed by atoms with van der Waals surface area (Å²) >= 11 is 1.63. The lowest BCUT2D eigenvalue weighted by Gasteiger charge is -2.18. The number of amides is 1. The van der Waals surface area contributed by atoms with Gasteiger partial charge in [0.15, 0.2) is 0 Å². The minimum absolute atomic E-state index is 0.515. The molecule has 1 amide bonds. The molecule has 7 heteroatoms. The summed E-state index contributed by atoms with van der Waals surface area (Å²) in [7, 11) is 0. The van der Waals surface area contributed by atoms with E-state index in [9.17, 15) is 4.79 Å². The Balaban J connectivity index is 1.61. The molecule has 3 aromatic rings. The SMILES string of the molecule is CC(C)(C)OC(=O)NC=Nc1csc(Cn2ccc3cnccc32)c1. The monoisotopic (exact) mass is 356 g/mol. The third kappa shape index (κ3) is 4.67. The fourth-order valence-corrected chi connectivity index (χ4v) is 3.14. The van der Waals surface area contributed by atoms with E-state index in [1.165, 1.54) is 11.2 Å². The van der Waals surface area contributed by atoms with E-state index >= 15 is 0 Å². The molecule has 25 heavy (non-hydrogen) atoms. The number of pyridine rings is 1. The number of thiophene rings is 1. The van der Waals surface area contributed by atoms with Crippen LogP contribution in [-0.4, -0.2) is 27.6 Å². The van der Waals surface area contributed by atoms with Gasteiger partial charge in [-0.25, -0.2) is 9.79 Å². The number of nitrogens with zero attached hydrogens (tertiary/aromatic N) is 3. The zero-order chi connectivity index (χ0) is 17.9. The molecule has 0 atom stereocenters. The lowest BCUT2D eigenvalue weighted by molar-refractivity contribution is 0.0565. The van der Waals surface area contributed by atoms with Crippen LogP contribution in [0.3, 0.4) is 0 Å². The summed E-state index contributed by atoms with van der Waals surface area (Å²) in [5.74, 6) is 0. The Morgan fingerprint density at radius 1 is 1.44 bits per heavy atom. The molecule has 0 bridgehead atoms. The highest BCUT2D eigenvalue weighted by atomic mass is 32.1. The molecular weight excluding hydrogens is 336 g/mol. The first-order chi connectivity index (χ1) is 11.9. The Morgan fingerprint density at radius 2 is 2.28 bits per heavy atom. The molecule has 0 fully saturated rings.